The summed E-state index contributed by atoms with van der Waals surface area (Å²) in [6, 6.07) is 4.30. The van der Waals surface area contributed by atoms with Gasteiger partial charge in [0.05, 0.1) is 13.1 Å². The van der Waals surface area contributed by atoms with Crippen molar-refractivity contribution in [3.8, 4) is 5.75 Å². The molecule has 3 heterocycles. The van der Waals surface area contributed by atoms with Gasteiger partial charge in [-0.25, -0.2) is 0 Å². The van der Waals surface area contributed by atoms with Crippen LogP contribution in [0.3, 0.4) is 0 Å². The molecule has 8 heteroatoms. The molecule has 0 aromatic carbocycles. The zero-order valence-corrected chi connectivity index (χ0v) is 14.4. The second-order valence-electron chi connectivity index (χ2n) is 5.94. The molecule has 0 N–H and O–H groups in total. The van der Waals surface area contributed by atoms with Crippen LogP contribution < -0.4 is 4.74 Å². The maximum Gasteiger partial charge on any atom is 0.433 e. The summed E-state index contributed by atoms with van der Waals surface area (Å²) in [4.78, 5) is 18.3. The van der Waals surface area contributed by atoms with E-state index in [1.165, 1.54) is 16.5 Å². The normalized spacial score (nSPS) is 15.1. The highest BCUT2D eigenvalue weighted by molar-refractivity contribution is 7.10. The van der Waals surface area contributed by atoms with E-state index in [0.29, 0.717) is 25.9 Å². The Labute approximate surface area is 147 Å². The van der Waals surface area contributed by atoms with Crippen molar-refractivity contribution in [3.05, 3.63) is 45.9 Å². The van der Waals surface area contributed by atoms with Crippen LogP contribution in [-0.4, -0.2) is 35.0 Å². The van der Waals surface area contributed by atoms with Gasteiger partial charge in [-0.15, -0.1) is 11.3 Å². The fraction of sp³-hybridized carbons (Fsp3) is 0.412. The Kier molecular flexibility index (Phi) is 4.99. The van der Waals surface area contributed by atoms with Crippen LogP contribution >= 0.6 is 11.3 Å². The first-order valence-electron chi connectivity index (χ1n) is 7.83. The van der Waals surface area contributed by atoms with E-state index in [1.54, 1.807) is 16.2 Å². The predicted molar refractivity (Wildman–Crippen MR) is 87.6 cm³/mol. The molecule has 1 aliphatic rings. The summed E-state index contributed by atoms with van der Waals surface area (Å²) in [5.74, 6) is 0.159. The second-order valence-corrected chi connectivity index (χ2v) is 6.94. The Hall–Kier alpha value is -2.09. The molecule has 3 rings (SSSR count). The molecule has 2 aromatic rings. The summed E-state index contributed by atoms with van der Waals surface area (Å²) in [6.45, 7) is 2.81. The number of carbonyl (C=O) groups excluding carboxylic acids is 1. The number of aryl methyl sites for hydroxylation is 2. The molecule has 1 aliphatic heterocycles. The van der Waals surface area contributed by atoms with Gasteiger partial charge in [0.15, 0.2) is 0 Å². The monoisotopic (exact) mass is 370 g/mol. The van der Waals surface area contributed by atoms with Gasteiger partial charge in [0.25, 0.3) is 0 Å². The molecule has 0 radical (unpaired) electrons. The molecule has 0 bridgehead atoms. The summed E-state index contributed by atoms with van der Waals surface area (Å²) in [6.07, 6.45) is -2.56. The third-order valence-corrected chi connectivity index (χ3v) is 5.14. The largest absolute Gasteiger partial charge is 0.487 e. The number of pyridine rings is 1. The predicted octanol–water partition coefficient (Wildman–Crippen LogP) is 3.69. The van der Waals surface area contributed by atoms with Crippen LogP contribution in [0.5, 0.6) is 5.75 Å². The summed E-state index contributed by atoms with van der Waals surface area (Å²) in [5.41, 5.74) is 0.212. The van der Waals surface area contributed by atoms with E-state index in [2.05, 4.69) is 4.98 Å². The summed E-state index contributed by atoms with van der Waals surface area (Å²) in [5, 5.41) is 2.01. The standard InChI is InChI=1S/C17H17F3N2O2S/c1-11-5-7-25-14(11)2-3-16(23)22-9-13(10-22)24-12-4-6-21-15(8-12)17(18,19)20/h4-8,13H,2-3,9-10H2,1H3. The number of amides is 1. The van der Waals surface area contributed by atoms with Crippen molar-refractivity contribution in [1.82, 2.24) is 9.88 Å². The molecular weight excluding hydrogens is 353 g/mol. The molecule has 0 atom stereocenters. The molecule has 1 amide bonds. The quantitative estimate of drug-likeness (QED) is 0.806. The third kappa shape index (κ3) is 4.31. The molecule has 1 saturated heterocycles. The number of carbonyl (C=O) groups is 1. The highest BCUT2D eigenvalue weighted by Gasteiger charge is 2.34. The number of thiophene rings is 1. The van der Waals surface area contributed by atoms with E-state index in [1.807, 2.05) is 18.4 Å². The van der Waals surface area contributed by atoms with Crippen LogP contribution in [0, 0.1) is 6.92 Å². The summed E-state index contributed by atoms with van der Waals surface area (Å²) < 4.78 is 43.4. The van der Waals surface area contributed by atoms with Gasteiger partial charge in [0.2, 0.25) is 5.91 Å². The topological polar surface area (TPSA) is 42.4 Å². The number of likely N-dealkylation sites (tertiary alicyclic amines) is 1. The van der Waals surface area contributed by atoms with Gasteiger partial charge in [-0.2, -0.15) is 13.2 Å². The lowest BCUT2D eigenvalue weighted by Crippen LogP contribution is -2.56. The van der Waals surface area contributed by atoms with Gasteiger partial charge in [0.1, 0.15) is 17.5 Å². The van der Waals surface area contributed by atoms with Crippen molar-refractivity contribution in [2.75, 3.05) is 13.1 Å². The zero-order valence-electron chi connectivity index (χ0n) is 13.5. The van der Waals surface area contributed by atoms with Crippen LogP contribution in [0.2, 0.25) is 0 Å². The number of alkyl halides is 3. The second kappa shape index (κ2) is 7.03. The summed E-state index contributed by atoms with van der Waals surface area (Å²) in [7, 11) is 0. The van der Waals surface area contributed by atoms with Crippen molar-refractivity contribution >= 4 is 17.2 Å². The van der Waals surface area contributed by atoms with Gasteiger partial charge in [-0.05, 0) is 36.4 Å². The first kappa shape index (κ1) is 17.7. The molecule has 1 fully saturated rings. The number of halogens is 3. The maximum absolute atomic E-state index is 12.6. The number of hydrogen-bond donors (Lipinski definition) is 0. The van der Waals surface area contributed by atoms with Crippen molar-refractivity contribution < 1.29 is 22.7 Å². The van der Waals surface area contributed by atoms with Crippen LogP contribution in [0.4, 0.5) is 13.2 Å². The lowest BCUT2D eigenvalue weighted by Gasteiger charge is -2.39. The number of rotatable bonds is 5. The fourth-order valence-corrected chi connectivity index (χ4v) is 3.50. The van der Waals surface area contributed by atoms with Crippen LogP contribution in [0.1, 0.15) is 22.6 Å². The average Bonchev–Trinajstić information content (AvgIpc) is 2.93. The van der Waals surface area contributed by atoms with Crippen LogP contribution in [-0.2, 0) is 17.4 Å². The SMILES string of the molecule is Cc1ccsc1CCC(=O)N1CC(Oc2ccnc(C(F)(F)F)c2)C1. The summed E-state index contributed by atoms with van der Waals surface area (Å²) >= 11 is 1.64. The molecule has 25 heavy (non-hydrogen) atoms. The first-order valence-corrected chi connectivity index (χ1v) is 8.71. The highest BCUT2D eigenvalue weighted by atomic mass is 32.1. The molecule has 4 nitrogen and oxygen atoms in total. The third-order valence-electron chi connectivity index (χ3n) is 4.06. The van der Waals surface area contributed by atoms with Crippen molar-refractivity contribution in [3.63, 3.8) is 0 Å². The molecular formula is C17H17F3N2O2S. The van der Waals surface area contributed by atoms with E-state index in [-0.39, 0.29) is 17.8 Å². The fourth-order valence-electron chi connectivity index (χ4n) is 2.59. The minimum atomic E-state index is -4.50. The average molecular weight is 370 g/mol. The van der Waals surface area contributed by atoms with Crippen LogP contribution in [0.15, 0.2) is 29.8 Å². The number of hydrogen-bond acceptors (Lipinski definition) is 4. The van der Waals surface area contributed by atoms with Gasteiger partial charge in [0, 0.05) is 23.6 Å². The van der Waals surface area contributed by atoms with Crippen LogP contribution in [0.25, 0.3) is 0 Å². The number of ether oxygens (including phenoxy) is 1. The van der Waals surface area contributed by atoms with E-state index in [9.17, 15) is 18.0 Å². The Morgan fingerprint density at radius 1 is 1.40 bits per heavy atom. The van der Waals surface area contributed by atoms with E-state index < -0.39 is 11.9 Å². The van der Waals surface area contributed by atoms with E-state index in [0.717, 1.165) is 12.3 Å². The molecule has 134 valence electrons. The van der Waals surface area contributed by atoms with E-state index in [4.69, 9.17) is 4.74 Å². The molecule has 0 saturated carbocycles. The lowest BCUT2D eigenvalue weighted by molar-refractivity contribution is -0.141. The van der Waals surface area contributed by atoms with E-state index >= 15 is 0 Å². The first-order chi connectivity index (χ1) is 11.8. The minimum Gasteiger partial charge on any atom is -0.487 e. The zero-order chi connectivity index (χ0) is 18.0. The molecule has 2 aromatic heterocycles. The Morgan fingerprint density at radius 2 is 2.16 bits per heavy atom. The minimum absolute atomic E-state index is 0.0401. The number of aromatic nitrogens is 1. The Morgan fingerprint density at radius 3 is 2.80 bits per heavy atom. The highest BCUT2D eigenvalue weighted by Crippen LogP contribution is 2.30. The van der Waals surface area contributed by atoms with Crippen molar-refractivity contribution in [2.45, 2.75) is 32.0 Å². The van der Waals surface area contributed by atoms with Gasteiger partial charge >= 0.3 is 6.18 Å². The molecule has 0 unspecified atom stereocenters. The van der Waals surface area contributed by atoms with Crippen molar-refractivity contribution in [1.29, 1.82) is 0 Å². The van der Waals surface area contributed by atoms with Gasteiger partial charge in [-0.3, -0.25) is 9.78 Å². The van der Waals surface area contributed by atoms with Gasteiger partial charge in [-0.1, -0.05) is 0 Å². The maximum atomic E-state index is 12.6. The smallest absolute Gasteiger partial charge is 0.433 e. The number of nitrogens with zero attached hydrogens (tertiary/aromatic N) is 2. The van der Waals surface area contributed by atoms with Gasteiger partial charge < -0.3 is 9.64 Å². The lowest BCUT2D eigenvalue weighted by atomic mass is 10.1. The molecule has 0 aliphatic carbocycles. The van der Waals surface area contributed by atoms with Crippen molar-refractivity contribution in [2.24, 2.45) is 0 Å². The Bertz CT molecular complexity index is 754. The molecule has 0 spiro atoms. The Balaban J connectivity index is 1.46.